The number of anilines is 1. The summed E-state index contributed by atoms with van der Waals surface area (Å²) in [6.07, 6.45) is 2.38. The van der Waals surface area contributed by atoms with Crippen LogP contribution in [0.4, 0.5) is 5.69 Å². The molecule has 2 unspecified atom stereocenters. The largest absolute Gasteiger partial charge is 0.376 e. The normalized spacial score (nSPS) is 19.8. The molecule has 0 aromatic heterocycles. The number of aryl methyl sites for hydroxylation is 2. The summed E-state index contributed by atoms with van der Waals surface area (Å²) in [7, 11) is 4.10. The molecule has 25 heavy (non-hydrogen) atoms. The molecule has 1 aliphatic heterocycles. The number of hydrogen-bond acceptors (Lipinski definition) is 4. The van der Waals surface area contributed by atoms with E-state index in [1.54, 1.807) is 0 Å². The summed E-state index contributed by atoms with van der Waals surface area (Å²) in [6, 6.07) is 5.99. The van der Waals surface area contributed by atoms with E-state index in [1.165, 1.54) is 0 Å². The number of benzene rings is 1. The van der Waals surface area contributed by atoms with E-state index in [-0.39, 0.29) is 18.1 Å². The lowest BCUT2D eigenvalue weighted by molar-refractivity contribution is -0.122. The molecule has 1 aromatic carbocycles. The van der Waals surface area contributed by atoms with Crippen LogP contribution in [0, 0.1) is 13.8 Å². The molecule has 0 spiro atoms. The summed E-state index contributed by atoms with van der Waals surface area (Å²) in [4.78, 5) is 17.1. The van der Waals surface area contributed by atoms with Crippen molar-refractivity contribution >= 4 is 11.6 Å². The summed E-state index contributed by atoms with van der Waals surface area (Å²) in [5, 5.41) is 3.09. The van der Waals surface area contributed by atoms with Gasteiger partial charge < -0.3 is 15.0 Å². The minimum atomic E-state index is -0.153. The van der Waals surface area contributed by atoms with Gasteiger partial charge in [-0.3, -0.25) is 9.69 Å². The average molecular weight is 348 g/mol. The Hall–Kier alpha value is -1.43. The monoisotopic (exact) mass is 347 g/mol. The summed E-state index contributed by atoms with van der Waals surface area (Å²) < 4.78 is 5.99. The van der Waals surface area contributed by atoms with Gasteiger partial charge in [-0.15, -0.1) is 0 Å². The van der Waals surface area contributed by atoms with Gasteiger partial charge in [-0.25, -0.2) is 0 Å². The van der Waals surface area contributed by atoms with Gasteiger partial charge in [0.2, 0.25) is 5.91 Å². The first-order valence-electron chi connectivity index (χ1n) is 9.25. The highest BCUT2D eigenvalue weighted by molar-refractivity contribution is 5.95. The third-order valence-corrected chi connectivity index (χ3v) is 4.88. The molecule has 1 N–H and O–H groups in total. The molecular formula is C20H33N3O2. The van der Waals surface area contributed by atoms with Crippen LogP contribution in [0.2, 0.25) is 0 Å². The van der Waals surface area contributed by atoms with E-state index in [9.17, 15) is 4.79 Å². The number of carbonyl (C=O) groups excluding carboxylic acids is 1. The number of nitrogens with zero attached hydrogens (tertiary/aromatic N) is 2. The molecule has 0 radical (unpaired) electrons. The predicted molar refractivity (Wildman–Crippen MR) is 103 cm³/mol. The van der Waals surface area contributed by atoms with Gasteiger partial charge in [-0.1, -0.05) is 12.1 Å². The van der Waals surface area contributed by atoms with Crippen LogP contribution in [-0.4, -0.2) is 68.2 Å². The quantitative estimate of drug-likeness (QED) is 0.824. The highest BCUT2D eigenvalue weighted by Gasteiger charge is 2.28. The van der Waals surface area contributed by atoms with Crippen LogP contribution >= 0.6 is 0 Å². The maximum Gasteiger partial charge on any atom is 0.241 e. The highest BCUT2D eigenvalue weighted by atomic mass is 16.5. The van der Waals surface area contributed by atoms with E-state index in [1.807, 2.05) is 32.9 Å². The number of piperidine rings is 1. The highest BCUT2D eigenvalue weighted by Crippen LogP contribution is 2.19. The lowest BCUT2D eigenvalue weighted by Gasteiger charge is -2.36. The van der Waals surface area contributed by atoms with Crippen molar-refractivity contribution in [3.8, 4) is 0 Å². The van der Waals surface area contributed by atoms with Crippen molar-refractivity contribution in [2.75, 3.05) is 45.7 Å². The Bertz CT molecular complexity index is 574. The van der Waals surface area contributed by atoms with Crippen LogP contribution in [-0.2, 0) is 9.53 Å². The molecule has 140 valence electrons. The van der Waals surface area contributed by atoms with Gasteiger partial charge in [0, 0.05) is 18.8 Å². The lowest BCUT2D eigenvalue weighted by atomic mass is 10.1. The Labute approximate surface area is 152 Å². The van der Waals surface area contributed by atoms with Crippen LogP contribution in [0.25, 0.3) is 0 Å². The Morgan fingerprint density at radius 1 is 1.40 bits per heavy atom. The fraction of sp³-hybridized carbons (Fsp3) is 0.650. The van der Waals surface area contributed by atoms with Crippen LogP contribution in [0.3, 0.4) is 0 Å². The molecule has 1 aromatic rings. The summed E-state index contributed by atoms with van der Waals surface area (Å²) in [5.74, 6) is 0.0580. The summed E-state index contributed by atoms with van der Waals surface area (Å²) in [6.45, 7) is 9.51. The Balaban J connectivity index is 1.88. The summed E-state index contributed by atoms with van der Waals surface area (Å²) in [5.41, 5.74) is 3.16. The molecule has 1 amide bonds. The molecule has 5 heteroatoms. The van der Waals surface area contributed by atoms with Crippen molar-refractivity contribution in [1.82, 2.24) is 9.80 Å². The molecular weight excluding hydrogens is 314 g/mol. The van der Waals surface area contributed by atoms with Crippen LogP contribution in [0.1, 0.15) is 30.9 Å². The molecule has 0 saturated carbocycles. The number of likely N-dealkylation sites (tertiary alicyclic amines) is 1. The Kier molecular flexibility index (Phi) is 7.41. The second-order valence-electron chi connectivity index (χ2n) is 7.42. The number of likely N-dealkylation sites (N-methyl/N-ethyl adjacent to an activating group) is 1. The number of rotatable bonds is 7. The Morgan fingerprint density at radius 3 is 2.88 bits per heavy atom. The zero-order chi connectivity index (χ0) is 18.4. The number of carbonyl (C=O) groups is 1. The first kappa shape index (κ1) is 19.9. The van der Waals surface area contributed by atoms with E-state index in [0.29, 0.717) is 0 Å². The van der Waals surface area contributed by atoms with E-state index >= 15 is 0 Å². The number of ether oxygens (including phenoxy) is 1. The average Bonchev–Trinajstić information content (AvgIpc) is 2.57. The van der Waals surface area contributed by atoms with Gasteiger partial charge in [-0.2, -0.15) is 0 Å². The molecule has 1 aliphatic rings. The fourth-order valence-corrected chi connectivity index (χ4v) is 3.13. The molecule has 2 rings (SSSR count). The summed E-state index contributed by atoms with van der Waals surface area (Å²) >= 11 is 0. The van der Waals surface area contributed by atoms with Gasteiger partial charge in [0.15, 0.2) is 0 Å². The lowest BCUT2D eigenvalue weighted by Crippen LogP contribution is -2.49. The van der Waals surface area contributed by atoms with Gasteiger partial charge in [0.25, 0.3) is 0 Å². The zero-order valence-electron chi connectivity index (χ0n) is 16.3. The molecule has 0 aliphatic carbocycles. The van der Waals surface area contributed by atoms with E-state index in [4.69, 9.17) is 4.74 Å². The second-order valence-corrected chi connectivity index (χ2v) is 7.42. The van der Waals surface area contributed by atoms with Gasteiger partial charge >= 0.3 is 0 Å². The third kappa shape index (κ3) is 6.10. The van der Waals surface area contributed by atoms with E-state index in [0.717, 1.165) is 55.9 Å². The maximum absolute atomic E-state index is 12.7. The van der Waals surface area contributed by atoms with Gasteiger partial charge in [-0.05, 0) is 71.4 Å². The zero-order valence-corrected chi connectivity index (χ0v) is 16.3. The fourth-order valence-electron chi connectivity index (χ4n) is 3.13. The van der Waals surface area contributed by atoms with E-state index in [2.05, 4.69) is 35.3 Å². The van der Waals surface area contributed by atoms with Crippen LogP contribution in [0.15, 0.2) is 18.2 Å². The number of amides is 1. The van der Waals surface area contributed by atoms with Crippen molar-refractivity contribution < 1.29 is 9.53 Å². The molecule has 5 nitrogen and oxygen atoms in total. The molecule has 2 atom stereocenters. The first-order valence-corrected chi connectivity index (χ1v) is 9.25. The van der Waals surface area contributed by atoms with Crippen molar-refractivity contribution in [2.24, 2.45) is 0 Å². The molecule has 1 heterocycles. The van der Waals surface area contributed by atoms with E-state index < -0.39 is 0 Å². The molecule has 1 saturated heterocycles. The predicted octanol–water partition coefficient (Wildman–Crippen LogP) is 2.67. The van der Waals surface area contributed by atoms with Crippen molar-refractivity contribution in [1.29, 1.82) is 0 Å². The number of hydrogen-bond donors (Lipinski definition) is 1. The Morgan fingerprint density at radius 2 is 2.16 bits per heavy atom. The second kappa shape index (κ2) is 9.32. The molecule has 0 bridgehead atoms. The van der Waals surface area contributed by atoms with Crippen LogP contribution < -0.4 is 5.32 Å². The van der Waals surface area contributed by atoms with Gasteiger partial charge in [0.05, 0.1) is 18.8 Å². The molecule has 1 fully saturated rings. The SMILES string of the molecule is Cc1ccc(C)c(NC(=O)C(C)N2CCCC(OCCN(C)C)C2)c1. The van der Waals surface area contributed by atoms with Crippen molar-refractivity contribution in [3.63, 3.8) is 0 Å². The minimum Gasteiger partial charge on any atom is -0.376 e. The minimum absolute atomic E-state index is 0.0580. The topological polar surface area (TPSA) is 44.8 Å². The van der Waals surface area contributed by atoms with Crippen molar-refractivity contribution in [3.05, 3.63) is 29.3 Å². The standard InChI is InChI=1S/C20H33N3O2/c1-15-8-9-16(2)19(13-15)21-20(24)17(3)23-10-6-7-18(14-23)25-12-11-22(4)5/h8-9,13,17-18H,6-7,10-12,14H2,1-5H3,(H,21,24). The smallest absolute Gasteiger partial charge is 0.241 e. The first-order chi connectivity index (χ1) is 11.9. The van der Waals surface area contributed by atoms with Gasteiger partial charge in [0.1, 0.15) is 0 Å². The maximum atomic E-state index is 12.7. The van der Waals surface area contributed by atoms with Crippen molar-refractivity contribution in [2.45, 2.75) is 45.8 Å². The van der Waals surface area contributed by atoms with Crippen LogP contribution in [0.5, 0.6) is 0 Å². The number of nitrogens with one attached hydrogen (secondary N) is 1. The third-order valence-electron chi connectivity index (χ3n) is 4.88.